The largest absolute Gasteiger partial charge is 0.382 e. The normalized spacial score (nSPS) is 16.4. The molecule has 0 atom stereocenters. The minimum absolute atomic E-state index is 0.137. The standard InChI is InChI=1S/C31H44N6O2/c1-21-16-22(2)34-31(39)28(21)20-33-30(38)26-17-24(18-29(27(26)19-32)35-25-8-5-6-9-25)23-10-14-37(15-11-23)13-7-12-36(3)4/h10,16-19,25,32,35H,5-9,11-15,20H2,1-4H3,(H,33,38)(H,34,39). The van der Waals surface area contributed by atoms with Crippen molar-refractivity contribution in [3.8, 4) is 0 Å². The van der Waals surface area contributed by atoms with Crippen molar-refractivity contribution in [3.63, 3.8) is 0 Å². The highest BCUT2D eigenvalue weighted by atomic mass is 16.1. The fourth-order valence-electron chi connectivity index (χ4n) is 5.74. The molecule has 0 radical (unpaired) electrons. The Labute approximate surface area is 232 Å². The van der Waals surface area contributed by atoms with Crippen LogP contribution in [0.4, 0.5) is 5.69 Å². The van der Waals surface area contributed by atoms with E-state index in [1.165, 1.54) is 24.6 Å². The van der Waals surface area contributed by atoms with Crippen molar-refractivity contribution in [2.24, 2.45) is 0 Å². The molecule has 1 saturated carbocycles. The molecule has 4 rings (SSSR count). The molecule has 0 bridgehead atoms. The second-order valence-corrected chi connectivity index (χ2v) is 11.3. The minimum atomic E-state index is -0.272. The molecular formula is C31H44N6O2. The summed E-state index contributed by atoms with van der Waals surface area (Å²) < 4.78 is 0. The minimum Gasteiger partial charge on any atom is -0.382 e. The number of aromatic nitrogens is 1. The van der Waals surface area contributed by atoms with Gasteiger partial charge in [-0.1, -0.05) is 18.9 Å². The number of carbonyl (C=O) groups excluding carboxylic acids is 1. The molecule has 0 spiro atoms. The highest BCUT2D eigenvalue weighted by molar-refractivity contribution is 6.06. The van der Waals surface area contributed by atoms with Gasteiger partial charge in [0, 0.05) is 54.4 Å². The van der Waals surface area contributed by atoms with Gasteiger partial charge in [-0.05, 0) is 102 Å². The van der Waals surface area contributed by atoms with Gasteiger partial charge in [-0.25, -0.2) is 0 Å². The van der Waals surface area contributed by atoms with E-state index in [1.54, 1.807) is 0 Å². The van der Waals surface area contributed by atoms with Gasteiger partial charge in [0.2, 0.25) is 0 Å². The summed E-state index contributed by atoms with van der Waals surface area (Å²) in [6, 6.07) is 6.32. The second-order valence-electron chi connectivity index (χ2n) is 11.3. The number of amides is 1. The van der Waals surface area contributed by atoms with Gasteiger partial charge in [0.25, 0.3) is 11.5 Å². The third kappa shape index (κ3) is 7.46. The topological polar surface area (TPSA) is 104 Å². The van der Waals surface area contributed by atoms with Crippen LogP contribution in [0.3, 0.4) is 0 Å². The van der Waals surface area contributed by atoms with Gasteiger partial charge < -0.3 is 25.9 Å². The quantitative estimate of drug-likeness (QED) is 0.323. The lowest BCUT2D eigenvalue weighted by Crippen LogP contribution is -2.31. The summed E-state index contributed by atoms with van der Waals surface area (Å²) in [4.78, 5) is 33.6. The molecule has 210 valence electrons. The number of nitrogens with zero attached hydrogens (tertiary/aromatic N) is 2. The molecule has 39 heavy (non-hydrogen) atoms. The van der Waals surface area contributed by atoms with E-state index in [-0.39, 0.29) is 18.0 Å². The van der Waals surface area contributed by atoms with Crippen LogP contribution in [-0.4, -0.2) is 73.2 Å². The summed E-state index contributed by atoms with van der Waals surface area (Å²) in [5.41, 5.74) is 6.20. The van der Waals surface area contributed by atoms with Crippen molar-refractivity contribution in [1.82, 2.24) is 20.1 Å². The first-order valence-corrected chi connectivity index (χ1v) is 14.2. The van der Waals surface area contributed by atoms with Crippen LogP contribution in [0.5, 0.6) is 0 Å². The summed E-state index contributed by atoms with van der Waals surface area (Å²) in [5, 5.41) is 14.8. The maximum atomic E-state index is 13.6. The number of hydrogen-bond acceptors (Lipinski definition) is 6. The molecule has 1 aromatic carbocycles. The molecule has 2 aliphatic rings. The Kier molecular flexibility index (Phi) is 9.75. The molecule has 2 aromatic rings. The molecule has 2 heterocycles. The van der Waals surface area contributed by atoms with E-state index in [9.17, 15) is 9.59 Å². The molecule has 1 aromatic heterocycles. The third-order valence-corrected chi connectivity index (χ3v) is 7.95. The van der Waals surface area contributed by atoms with Gasteiger partial charge in [-0.15, -0.1) is 0 Å². The van der Waals surface area contributed by atoms with Crippen molar-refractivity contribution in [1.29, 1.82) is 5.41 Å². The third-order valence-electron chi connectivity index (χ3n) is 7.95. The first-order chi connectivity index (χ1) is 18.7. The van der Waals surface area contributed by atoms with Crippen LogP contribution in [0.15, 0.2) is 29.1 Å². The number of rotatable bonds is 11. The van der Waals surface area contributed by atoms with Crippen molar-refractivity contribution < 1.29 is 4.79 Å². The molecule has 8 heteroatoms. The van der Waals surface area contributed by atoms with Crippen LogP contribution < -0.4 is 16.2 Å². The average molecular weight is 533 g/mol. The summed E-state index contributed by atoms with van der Waals surface area (Å²) in [6.07, 6.45) is 10.2. The summed E-state index contributed by atoms with van der Waals surface area (Å²) in [5.74, 6) is -0.272. The number of benzene rings is 1. The second kappa shape index (κ2) is 13.2. The number of H-pyrrole nitrogens is 1. The zero-order valence-electron chi connectivity index (χ0n) is 24.0. The van der Waals surface area contributed by atoms with Crippen molar-refractivity contribution in [2.75, 3.05) is 45.6 Å². The van der Waals surface area contributed by atoms with Crippen molar-refractivity contribution in [2.45, 2.75) is 65.0 Å². The van der Waals surface area contributed by atoms with Crippen LogP contribution in [0.1, 0.15) is 76.8 Å². The number of hydrogen-bond donors (Lipinski definition) is 4. The van der Waals surface area contributed by atoms with E-state index >= 15 is 0 Å². The molecule has 8 nitrogen and oxygen atoms in total. The molecule has 1 aliphatic carbocycles. The first-order valence-electron chi connectivity index (χ1n) is 14.2. The Hall–Kier alpha value is -3.23. The number of pyridine rings is 1. The fraction of sp³-hybridized carbons (Fsp3) is 0.516. The number of aromatic amines is 1. The average Bonchev–Trinajstić information content (AvgIpc) is 3.41. The zero-order valence-corrected chi connectivity index (χ0v) is 24.0. The van der Waals surface area contributed by atoms with E-state index in [2.05, 4.69) is 51.7 Å². The van der Waals surface area contributed by atoms with Gasteiger partial charge >= 0.3 is 0 Å². The van der Waals surface area contributed by atoms with Gasteiger partial charge in [0.15, 0.2) is 0 Å². The highest BCUT2D eigenvalue weighted by Crippen LogP contribution is 2.31. The number of aryl methyl sites for hydroxylation is 2. The van der Waals surface area contributed by atoms with Gasteiger partial charge in [-0.3, -0.25) is 14.5 Å². The van der Waals surface area contributed by atoms with Crippen LogP contribution in [0, 0.1) is 19.3 Å². The van der Waals surface area contributed by atoms with Gasteiger partial charge in [0.1, 0.15) is 0 Å². The molecule has 1 amide bonds. The maximum Gasteiger partial charge on any atom is 0.253 e. The van der Waals surface area contributed by atoms with E-state index in [0.717, 1.165) is 74.4 Å². The fourth-order valence-corrected chi connectivity index (χ4v) is 5.74. The van der Waals surface area contributed by atoms with E-state index in [4.69, 9.17) is 5.41 Å². The van der Waals surface area contributed by atoms with E-state index < -0.39 is 0 Å². The summed E-state index contributed by atoms with van der Waals surface area (Å²) >= 11 is 0. The number of carbonyl (C=O) groups is 1. The SMILES string of the molecule is Cc1cc(C)c(CNC(=O)c2cc(C3=CCN(CCCN(C)C)CC3)cc(NC3CCCC3)c2C=N)c(=O)[nH]1. The lowest BCUT2D eigenvalue weighted by Gasteiger charge is -2.27. The smallest absolute Gasteiger partial charge is 0.253 e. The van der Waals surface area contributed by atoms with E-state index in [0.29, 0.717) is 22.7 Å². The van der Waals surface area contributed by atoms with Crippen molar-refractivity contribution in [3.05, 3.63) is 68.1 Å². The van der Waals surface area contributed by atoms with E-state index in [1.807, 2.05) is 26.0 Å². The van der Waals surface area contributed by atoms with Crippen LogP contribution >= 0.6 is 0 Å². The van der Waals surface area contributed by atoms with Crippen molar-refractivity contribution >= 4 is 23.4 Å². The molecule has 0 saturated heterocycles. The lowest BCUT2D eigenvalue weighted by molar-refractivity contribution is 0.0950. The predicted octanol–water partition coefficient (Wildman–Crippen LogP) is 4.31. The summed E-state index contributed by atoms with van der Waals surface area (Å²) in [7, 11) is 4.22. The number of nitrogens with one attached hydrogen (secondary N) is 4. The Morgan fingerprint density at radius 1 is 1.21 bits per heavy atom. The predicted molar refractivity (Wildman–Crippen MR) is 160 cm³/mol. The molecule has 0 unspecified atom stereocenters. The molecule has 1 aliphatic heterocycles. The molecule has 1 fully saturated rings. The highest BCUT2D eigenvalue weighted by Gasteiger charge is 2.22. The Morgan fingerprint density at radius 3 is 2.62 bits per heavy atom. The Balaban J connectivity index is 1.59. The Bertz CT molecular complexity index is 1270. The number of anilines is 1. The van der Waals surface area contributed by atoms with Crippen LogP contribution in [-0.2, 0) is 6.54 Å². The van der Waals surface area contributed by atoms with Gasteiger partial charge in [0.05, 0.1) is 5.56 Å². The van der Waals surface area contributed by atoms with Crippen LogP contribution in [0.25, 0.3) is 5.57 Å². The maximum absolute atomic E-state index is 13.6. The van der Waals surface area contributed by atoms with Crippen LogP contribution in [0.2, 0.25) is 0 Å². The van der Waals surface area contributed by atoms with Gasteiger partial charge in [-0.2, -0.15) is 0 Å². The summed E-state index contributed by atoms with van der Waals surface area (Å²) in [6.45, 7) is 7.93. The molecule has 4 N–H and O–H groups in total. The molecular weight excluding hydrogens is 488 g/mol. The monoisotopic (exact) mass is 532 g/mol. The Morgan fingerprint density at radius 2 is 1.97 bits per heavy atom. The lowest BCUT2D eigenvalue weighted by atomic mass is 9.93. The first kappa shape index (κ1) is 28.8. The zero-order chi connectivity index (χ0) is 27.9.